The van der Waals surface area contributed by atoms with Gasteiger partial charge in [0.2, 0.25) is 0 Å². The van der Waals surface area contributed by atoms with Crippen LogP contribution in [0.4, 0.5) is 0 Å². The monoisotopic (exact) mass is 300 g/mol. The molecule has 0 aliphatic heterocycles. The molecule has 0 heterocycles. The van der Waals surface area contributed by atoms with Gasteiger partial charge in [-0.05, 0) is 61.3 Å². The third kappa shape index (κ3) is 3.73. The highest BCUT2D eigenvalue weighted by molar-refractivity contribution is 7.91. The lowest BCUT2D eigenvalue weighted by atomic mass is 10.1. The fraction of sp³-hybridized carbons (Fsp3) is 0.600. The molecule has 0 amide bonds. The molecule has 1 unspecified atom stereocenters. The lowest BCUT2D eigenvalue weighted by Gasteiger charge is -2.10. The van der Waals surface area contributed by atoms with Crippen LogP contribution in [-0.4, -0.2) is 20.1 Å². The normalized spacial score (nSPS) is 16.3. The number of fused-ring (bicyclic) bond motifs is 1. The van der Waals surface area contributed by atoms with Crippen molar-refractivity contribution < 1.29 is 8.42 Å². The maximum absolute atomic E-state index is 12.3. The van der Waals surface area contributed by atoms with Crippen LogP contribution in [0.5, 0.6) is 0 Å². The molecule has 0 saturated carbocycles. The molecular formula is C15H21ClO2S. The third-order valence-corrected chi connectivity index (χ3v) is 5.87. The van der Waals surface area contributed by atoms with Crippen molar-refractivity contribution in [2.24, 2.45) is 5.92 Å². The van der Waals surface area contributed by atoms with Crippen molar-refractivity contribution in [1.82, 2.24) is 0 Å². The van der Waals surface area contributed by atoms with Gasteiger partial charge >= 0.3 is 0 Å². The molecule has 1 aliphatic carbocycles. The summed E-state index contributed by atoms with van der Waals surface area (Å²) in [6.07, 6.45) is 4.81. The van der Waals surface area contributed by atoms with Crippen LogP contribution in [0.15, 0.2) is 23.1 Å². The Morgan fingerprint density at radius 2 is 1.95 bits per heavy atom. The van der Waals surface area contributed by atoms with Crippen LogP contribution < -0.4 is 0 Å². The summed E-state index contributed by atoms with van der Waals surface area (Å²) in [6.45, 7) is 2.06. The van der Waals surface area contributed by atoms with Gasteiger partial charge in [-0.2, -0.15) is 0 Å². The molecule has 0 aromatic heterocycles. The number of benzene rings is 1. The topological polar surface area (TPSA) is 34.1 Å². The average molecular weight is 301 g/mol. The van der Waals surface area contributed by atoms with Gasteiger partial charge in [-0.1, -0.05) is 13.0 Å². The van der Waals surface area contributed by atoms with E-state index in [2.05, 4.69) is 6.92 Å². The van der Waals surface area contributed by atoms with Gasteiger partial charge in [0.25, 0.3) is 0 Å². The lowest BCUT2D eigenvalue weighted by Crippen LogP contribution is -2.11. The zero-order chi connectivity index (χ0) is 13.9. The third-order valence-electron chi connectivity index (χ3n) is 3.91. The zero-order valence-electron chi connectivity index (χ0n) is 11.4. The van der Waals surface area contributed by atoms with E-state index in [0.29, 0.717) is 23.1 Å². The van der Waals surface area contributed by atoms with Crippen LogP contribution in [0.1, 0.15) is 37.3 Å². The predicted molar refractivity (Wildman–Crippen MR) is 79.6 cm³/mol. The molecule has 1 aromatic carbocycles. The number of sulfone groups is 1. The van der Waals surface area contributed by atoms with Gasteiger partial charge in [-0.25, -0.2) is 8.42 Å². The maximum atomic E-state index is 12.3. The second kappa shape index (κ2) is 6.27. The van der Waals surface area contributed by atoms with Crippen LogP contribution >= 0.6 is 11.6 Å². The van der Waals surface area contributed by atoms with Gasteiger partial charge in [0.1, 0.15) is 0 Å². The van der Waals surface area contributed by atoms with Crippen LogP contribution in [0, 0.1) is 5.92 Å². The first-order valence-corrected chi connectivity index (χ1v) is 9.12. The molecule has 0 N–H and O–H groups in total. The molecule has 19 heavy (non-hydrogen) atoms. The van der Waals surface area contributed by atoms with Crippen molar-refractivity contribution in [3.05, 3.63) is 29.3 Å². The minimum Gasteiger partial charge on any atom is -0.224 e. The van der Waals surface area contributed by atoms with Gasteiger partial charge in [0, 0.05) is 5.88 Å². The number of halogens is 1. The summed E-state index contributed by atoms with van der Waals surface area (Å²) in [5.74, 6) is 1.19. The van der Waals surface area contributed by atoms with Gasteiger partial charge in [-0.15, -0.1) is 11.6 Å². The van der Waals surface area contributed by atoms with E-state index in [1.54, 1.807) is 6.07 Å². The summed E-state index contributed by atoms with van der Waals surface area (Å²) < 4.78 is 24.6. The fourth-order valence-corrected chi connectivity index (χ4v) is 4.46. The quantitative estimate of drug-likeness (QED) is 0.752. The molecule has 0 saturated heterocycles. The van der Waals surface area contributed by atoms with Crippen molar-refractivity contribution >= 4 is 21.4 Å². The van der Waals surface area contributed by atoms with Crippen molar-refractivity contribution in [3.63, 3.8) is 0 Å². The summed E-state index contributed by atoms with van der Waals surface area (Å²) in [7, 11) is -3.14. The van der Waals surface area contributed by atoms with Gasteiger partial charge in [-0.3, -0.25) is 0 Å². The van der Waals surface area contributed by atoms with E-state index in [9.17, 15) is 8.42 Å². The van der Waals surface area contributed by atoms with Gasteiger partial charge < -0.3 is 0 Å². The molecule has 2 rings (SSSR count). The number of hydrogen-bond acceptors (Lipinski definition) is 2. The minimum atomic E-state index is -3.14. The van der Waals surface area contributed by atoms with E-state index in [1.807, 2.05) is 12.1 Å². The first-order valence-electron chi connectivity index (χ1n) is 6.93. The largest absolute Gasteiger partial charge is 0.224 e. The van der Waals surface area contributed by atoms with Gasteiger partial charge in [0.15, 0.2) is 9.84 Å². The highest BCUT2D eigenvalue weighted by Gasteiger charge is 2.19. The van der Waals surface area contributed by atoms with Crippen LogP contribution in [-0.2, 0) is 22.7 Å². The Hall–Kier alpha value is -0.540. The molecule has 0 radical (unpaired) electrons. The molecule has 1 aromatic rings. The fourth-order valence-electron chi connectivity index (χ4n) is 2.55. The molecule has 0 spiro atoms. The molecule has 4 heteroatoms. The minimum absolute atomic E-state index is 0.226. The van der Waals surface area contributed by atoms with E-state index >= 15 is 0 Å². The van der Waals surface area contributed by atoms with Crippen molar-refractivity contribution in [1.29, 1.82) is 0 Å². The molecular weight excluding hydrogens is 280 g/mol. The number of aryl methyl sites for hydroxylation is 2. The molecule has 1 aliphatic rings. The molecule has 0 bridgehead atoms. The van der Waals surface area contributed by atoms with Gasteiger partial charge in [0.05, 0.1) is 10.6 Å². The summed E-state index contributed by atoms with van der Waals surface area (Å²) >= 11 is 5.68. The number of alkyl halides is 1. The average Bonchev–Trinajstić information content (AvgIpc) is 2.84. The Labute approximate surface area is 121 Å². The predicted octanol–water partition coefficient (Wildman–Crippen LogP) is 3.60. The molecule has 0 fully saturated rings. The van der Waals surface area contributed by atoms with E-state index in [0.717, 1.165) is 25.7 Å². The summed E-state index contributed by atoms with van der Waals surface area (Å²) in [5.41, 5.74) is 2.53. The molecule has 1 atom stereocenters. The molecule has 106 valence electrons. The Bertz CT molecular complexity index is 537. The van der Waals surface area contributed by atoms with Crippen molar-refractivity contribution in [2.45, 2.75) is 43.9 Å². The molecule has 2 nitrogen and oxygen atoms in total. The first-order chi connectivity index (χ1) is 9.03. The number of rotatable bonds is 6. The Kier molecular flexibility index (Phi) is 4.91. The van der Waals surface area contributed by atoms with E-state index in [-0.39, 0.29) is 5.75 Å². The SMILES string of the molecule is CC(CCCl)CCS(=O)(=O)c1ccc2c(c1)CCC2. The first kappa shape index (κ1) is 14.9. The summed E-state index contributed by atoms with van der Waals surface area (Å²) in [4.78, 5) is 0.492. The highest BCUT2D eigenvalue weighted by Crippen LogP contribution is 2.26. The van der Waals surface area contributed by atoms with E-state index in [4.69, 9.17) is 11.6 Å². The van der Waals surface area contributed by atoms with Crippen molar-refractivity contribution in [2.75, 3.05) is 11.6 Å². The van der Waals surface area contributed by atoms with Crippen LogP contribution in [0.3, 0.4) is 0 Å². The standard InChI is InChI=1S/C15H21ClO2S/c1-12(7-9-16)8-10-19(17,18)15-6-5-13-3-2-4-14(13)11-15/h5-6,11-12H,2-4,7-10H2,1H3. The second-order valence-electron chi connectivity index (χ2n) is 5.47. The second-order valence-corrected chi connectivity index (χ2v) is 7.96. The highest BCUT2D eigenvalue weighted by atomic mass is 35.5. The Morgan fingerprint density at radius 1 is 1.21 bits per heavy atom. The zero-order valence-corrected chi connectivity index (χ0v) is 12.9. The Balaban J connectivity index is 2.07. The maximum Gasteiger partial charge on any atom is 0.178 e. The summed E-state index contributed by atoms with van der Waals surface area (Å²) in [6, 6.07) is 5.63. The van der Waals surface area contributed by atoms with Crippen molar-refractivity contribution in [3.8, 4) is 0 Å². The summed E-state index contributed by atoms with van der Waals surface area (Å²) in [5, 5.41) is 0. The van der Waals surface area contributed by atoms with E-state index < -0.39 is 9.84 Å². The van der Waals surface area contributed by atoms with E-state index in [1.165, 1.54) is 11.1 Å². The number of hydrogen-bond donors (Lipinski definition) is 0. The Morgan fingerprint density at radius 3 is 2.68 bits per heavy atom. The lowest BCUT2D eigenvalue weighted by molar-refractivity contribution is 0.534. The van der Waals surface area contributed by atoms with Crippen LogP contribution in [0.25, 0.3) is 0 Å². The smallest absolute Gasteiger partial charge is 0.178 e. The van der Waals surface area contributed by atoms with Crippen LogP contribution in [0.2, 0.25) is 0 Å².